The van der Waals surface area contributed by atoms with E-state index in [1.807, 2.05) is 23.5 Å². The van der Waals surface area contributed by atoms with Crippen LogP contribution in [-0.2, 0) is 0 Å². The average Bonchev–Trinajstić information content (AvgIpc) is 1.44. The molecule has 0 radical (unpaired) electrons. The van der Waals surface area contributed by atoms with Crippen molar-refractivity contribution in [3.05, 3.63) is 376 Å². The molecule has 20 rings (SSSR count). The normalized spacial score (nSPS) is 12.3. The Hall–Kier alpha value is -12.8. The van der Waals surface area contributed by atoms with E-state index in [1.165, 1.54) is 98.6 Å². The lowest BCUT2D eigenvalue weighted by molar-refractivity contribution is 1.16. The minimum Gasteiger partial charge on any atom is -0.309 e. The summed E-state index contributed by atoms with van der Waals surface area (Å²) in [6.07, 6.45) is 0. The lowest BCUT2D eigenvalue weighted by Gasteiger charge is -2.33. The van der Waals surface area contributed by atoms with Crippen LogP contribution in [-0.4, -0.2) is 13.3 Å². The summed E-state index contributed by atoms with van der Waals surface area (Å²) in [6, 6.07) is 137. The van der Waals surface area contributed by atoms with E-state index < -0.39 is 0 Å². The van der Waals surface area contributed by atoms with Gasteiger partial charge in [-0.25, -0.2) is 0 Å². The van der Waals surface area contributed by atoms with Crippen molar-refractivity contribution in [3.63, 3.8) is 0 Å². The van der Waals surface area contributed by atoms with E-state index in [4.69, 9.17) is 8.75 Å². The van der Waals surface area contributed by atoms with E-state index >= 15 is 0 Å². The molecule has 18 aromatic rings. The zero-order valence-corrected chi connectivity index (χ0v) is 59.2. The van der Waals surface area contributed by atoms with Gasteiger partial charge in [-0.15, -0.1) is 0 Å². The number of rotatable bonds is 13. The Morgan fingerprint density at radius 2 is 0.552 bits per heavy atom. The summed E-state index contributed by atoms with van der Waals surface area (Å²) in [5, 5.41) is 2.33. The van der Waals surface area contributed by atoms with Gasteiger partial charge in [-0.3, -0.25) is 0 Å². The van der Waals surface area contributed by atoms with Gasteiger partial charge >= 0.3 is 0 Å². The molecule has 0 atom stereocenters. The number of para-hydroxylation sites is 4. The third-order valence-corrected chi connectivity index (χ3v) is 23.2. The highest BCUT2D eigenvalue weighted by Gasteiger charge is 2.29. The molecule has 6 nitrogen and oxygen atoms in total. The molecule has 0 N–H and O–H groups in total. The summed E-state index contributed by atoms with van der Waals surface area (Å²) in [5.41, 5.74) is 30.8. The lowest BCUT2D eigenvalue weighted by atomic mass is 9.93. The van der Waals surface area contributed by atoms with Gasteiger partial charge in [-0.2, -0.15) is 8.75 Å². The zero-order valence-electron chi connectivity index (χ0n) is 56.7. The van der Waals surface area contributed by atoms with Crippen molar-refractivity contribution < 1.29 is 0 Å². The van der Waals surface area contributed by atoms with E-state index in [2.05, 4.69) is 395 Å². The van der Waals surface area contributed by atoms with Crippen LogP contribution in [0.15, 0.2) is 396 Å². The number of benzene rings is 16. The predicted molar refractivity (Wildman–Crippen MR) is 442 cm³/mol. The number of aromatic nitrogens is 3. The first-order valence-corrected chi connectivity index (χ1v) is 37.7. The van der Waals surface area contributed by atoms with Crippen LogP contribution < -0.4 is 14.7 Å². The Balaban J connectivity index is 0.701. The molecule has 0 saturated heterocycles. The molecular weight excluding hydrogens is 1330 g/mol. The summed E-state index contributed by atoms with van der Waals surface area (Å²) in [5.74, 6) is 0. The van der Waals surface area contributed by atoms with Crippen molar-refractivity contribution in [1.29, 1.82) is 0 Å². The number of fused-ring (bicyclic) bond motifs is 8. The molecule has 2 aliphatic rings. The van der Waals surface area contributed by atoms with Gasteiger partial charge in [-0.1, -0.05) is 230 Å². The van der Waals surface area contributed by atoms with Crippen LogP contribution in [0, 0.1) is 0 Å². The first-order valence-electron chi connectivity index (χ1n) is 35.3. The predicted octanol–water partition coefficient (Wildman–Crippen LogP) is 27.8. The van der Waals surface area contributed by atoms with Crippen LogP contribution in [0.1, 0.15) is 0 Å². The maximum Gasteiger partial charge on any atom is 0.129 e. The van der Waals surface area contributed by atoms with E-state index in [9.17, 15) is 0 Å². The third kappa shape index (κ3) is 11.2. The van der Waals surface area contributed by atoms with E-state index in [0.29, 0.717) is 0 Å². The van der Waals surface area contributed by atoms with Crippen LogP contribution in [0.5, 0.6) is 0 Å². The van der Waals surface area contributed by atoms with Crippen LogP contribution in [0.3, 0.4) is 0 Å². The molecule has 0 saturated carbocycles. The molecule has 0 amide bonds. The zero-order chi connectivity index (χ0) is 69.3. The quantitative estimate of drug-likeness (QED) is 0.114. The molecule has 16 aromatic carbocycles. The van der Waals surface area contributed by atoms with Crippen molar-refractivity contribution >= 4 is 119 Å². The van der Waals surface area contributed by atoms with Crippen molar-refractivity contribution in [2.45, 2.75) is 19.6 Å². The number of nitrogens with zero attached hydrogens (tertiary/aromatic N) is 6. The Kier molecular flexibility index (Phi) is 15.5. The van der Waals surface area contributed by atoms with Gasteiger partial charge in [0.15, 0.2) is 0 Å². The first kappa shape index (κ1) is 62.1. The van der Waals surface area contributed by atoms with E-state index in [0.717, 1.165) is 100 Å². The molecule has 0 fully saturated rings. The van der Waals surface area contributed by atoms with Crippen LogP contribution in [0.2, 0.25) is 0 Å². The summed E-state index contributed by atoms with van der Waals surface area (Å²) >= 11 is 4.92. The molecule has 0 spiro atoms. The van der Waals surface area contributed by atoms with Crippen molar-refractivity contribution in [1.82, 2.24) is 13.3 Å². The second-order valence-corrected chi connectivity index (χ2v) is 29.3. The highest BCUT2D eigenvalue weighted by atomic mass is 32.2. The van der Waals surface area contributed by atoms with E-state index in [-0.39, 0.29) is 0 Å². The Morgan fingerprint density at radius 3 is 0.924 bits per heavy atom. The molecule has 0 unspecified atom stereocenters. The van der Waals surface area contributed by atoms with Crippen molar-refractivity contribution in [2.24, 2.45) is 0 Å². The van der Waals surface area contributed by atoms with Gasteiger partial charge in [-0.05, 0) is 242 Å². The second kappa shape index (κ2) is 26.2. The second-order valence-electron chi connectivity index (χ2n) is 26.6. The molecule has 494 valence electrons. The third-order valence-electron chi connectivity index (χ3n) is 20.4. The number of anilines is 9. The minimum absolute atomic E-state index is 0.824. The summed E-state index contributed by atoms with van der Waals surface area (Å²) < 4.78 is 12.8. The smallest absolute Gasteiger partial charge is 0.129 e. The van der Waals surface area contributed by atoms with Crippen molar-refractivity contribution in [2.75, 3.05) is 14.7 Å². The van der Waals surface area contributed by atoms with Crippen LogP contribution in [0.25, 0.3) is 116 Å². The Morgan fingerprint density at radius 1 is 0.238 bits per heavy atom. The standard InChI is InChI=1S/C96H62N6S3/c1-5-21-63(22-6-1)70-55-71(64-23-7-2-8-24-64)58-74(57-70)67-37-43-76(44-38-67)99(77-45-39-68(40-46-77)75-59-72(65-25-9-3-10-26-65)56-73(60-75)66-27-11-4-12-28-66)90-54-51-81(95-96(90)98-105-97-95)69-41-47-78(48-42-69)100-84-52-49-79(101-86-29-13-17-33-91(86)103-92-34-18-14-30-87(92)101)61-82(84)83-62-80(50-53-85(83)100)102-88-31-15-19-35-93(88)104-94-36-20-16-32-89(94)102/h1-62H. The van der Waals surface area contributed by atoms with Gasteiger partial charge in [0.25, 0.3) is 0 Å². The SMILES string of the molecule is c1ccc(-c2cc(-c3ccccc3)cc(-c3ccc(N(c4ccc(-c5cc(-c6ccccc6)cc(-c6ccccc6)c5)cc4)c4ccc(-c5ccc(-n6c7ccc(N8c9ccccc9Sc9ccccc98)cc7c7cc(N8c9ccccc9Sc9ccccc98)ccc76)cc5)c5nsnc45)cc3)c2)cc1. The van der Waals surface area contributed by atoms with E-state index in [1.54, 1.807) is 0 Å². The highest BCUT2D eigenvalue weighted by Crippen LogP contribution is 2.55. The molecule has 0 bridgehead atoms. The van der Waals surface area contributed by atoms with Gasteiger partial charge in [0.2, 0.25) is 0 Å². The largest absolute Gasteiger partial charge is 0.309 e. The maximum atomic E-state index is 5.19. The van der Waals surface area contributed by atoms with Crippen LogP contribution >= 0.6 is 35.3 Å². The molecular formula is C96H62N6S3. The summed E-state index contributed by atoms with van der Waals surface area (Å²) in [6.45, 7) is 0. The fourth-order valence-corrected chi connectivity index (χ4v) is 18.1. The highest BCUT2D eigenvalue weighted by molar-refractivity contribution is 8.00. The van der Waals surface area contributed by atoms with Gasteiger partial charge in [0, 0.05) is 64.4 Å². The monoisotopic (exact) mass is 1390 g/mol. The molecule has 9 heteroatoms. The van der Waals surface area contributed by atoms with Gasteiger partial charge in [0.05, 0.1) is 51.2 Å². The van der Waals surface area contributed by atoms with Gasteiger partial charge in [0.1, 0.15) is 11.0 Å². The number of hydrogen-bond acceptors (Lipinski definition) is 8. The molecule has 2 aliphatic heterocycles. The Labute approximate surface area is 622 Å². The Bertz CT molecular complexity index is 5810. The van der Waals surface area contributed by atoms with Gasteiger partial charge < -0.3 is 19.3 Å². The minimum atomic E-state index is 0.824. The molecule has 105 heavy (non-hydrogen) atoms. The number of hydrogen-bond donors (Lipinski definition) is 0. The van der Waals surface area contributed by atoms with Crippen LogP contribution in [0.4, 0.5) is 51.2 Å². The first-order chi connectivity index (χ1) is 52.0. The lowest BCUT2D eigenvalue weighted by Crippen LogP contribution is -2.14. The average molecular weight is 1400 g/mol. The maximum absolute atomic E-state index is 5.19. The summed E-state index contributed by atoms with van der Waals surface area (Å²) in [4.78, 5) is 12.1. The fraction of sp³-hybridized carbons (Fsp3) is 0. The summed E-state index contributed by atoms with van der Waals surface area (Å²) in [7, 11) is 0. The fourth-order valence-electron chi connectivity index (χ4n) is 15.4. The van der Waals surface area contributed by atoms with Crippen molar-refractivity contribution in [3.8, 4) is 83.6 Å². The topological polar surface area (TPSA) is 40.4 Å². The molecule has 4 heterocycles. The molecule has 2 aromatic heterocycles. The molecule has 0 aliphatic carbocycles.